The molecule has 1 aliphatic heterocycles. The molecule has 0 aromatic rings. The molecule has 1 unspecified atom stereocenters. The smallest absolute Gasteiger partial charge is 0.202 e. The van der Waals surface area contributed by atoms with Gasteiger partial charge in [0.1, 0.15) is 0 Å². The van der Waals surface area contributed by atoms with Crippen LogP contribution in [0.5, 0.6) is 0 Å². The fourth-order valence-electron chi connectivity index (χ4n) is 0.594. The molecule has 2 N–H and O–H groups in total. The second-order valence-electron chi connectivity index (χ2n) is 1.63. The molecule has 1 rings (SSSR count). The first-order chi connectivity index (χ1) is 3.30. The first kappa shape index (κ1) is 8.53. The summed E-state index contributed by atoms with van der Waals surface area (Å²) in [5, 5.41) is 2.54. The average Bonchev–Trinajstić information content (AvgIpc) is 1.91. The van der Waals surface area contributed by atoms with E-state index >= 15 is 0 Å². The van der Waals surface area contributed by atoms with E-state index in [-0.39, 0.29) is 38.6 Å². The normalized spacial score (nSPS) is 26.6. The van der Waals surface area contributed by atoms with Crippen LogP contribution < -0.4 is 5.32 Å². The summed E-state index contributed by atoms with van der Waals surface area (Å²) >= 11 is 0. The summed E-state index contributed by atoms with van der Waals surface area (Å²) in [6.07, 6.45) is 0.679. The van der Waals surface area contributed by atoms with Gasteiger partial charge in [-0.2, -0.15) is 0 Å². The van der Waals surface area contributed by atoms with Gasteiger partial charge in [0.25, 0.3) is 0 Å². The molecule has 1 aliphatic rings. The van der Waals surface area contributed by atoms with E-state index in [0.29, 0.717) is 13.0 Å². The molecule has 0 aromatic heterocycles. The topological polar surface area (TPSA) is 52.9 Å². The molecule has 1 radical (unpaired) electrons. The van der Waals surface area contributed by atoms with E-state index in [4.69, 9.17) is 5.73 Å². The number of hydrogen-bond donors (Lipinski definition) is 1. The zero-order valence-electron chi connectivity index (χ0n) is 4.48. The molecule has 0 bridgehead atoms. The minimum Gasteiger partial charge on any atom is -0.667 e. The Morgan fingerprint density at radius 3 is 2.50 bits per heavy atom. The molecule has 4 heteroatoms. The Kier molecular flexibility index (Phi) is 3.77. The molecule has 1 amide bonds. The molecule has 3 nitrogen and oxygen atoms in total. The Morgan fingerprint density at radius 1 is 1.75 bits per heavy atom. The molecule has 0 spiro atoms. The molecule has 0 saturated carbocycles. The van der Waals surface area contributed by atoms with Crippen molar-refractivity contribution in [1.82, 2.24) is 5.32 Å². The monoisotopic (exact) mass is 188 g/mol. The van der Waals surface area contributed by atoms with Gasteiger partial charge in [0.2, 0.25) is 5.91 Å². The third kappa shape index (κ3) is 1.80. The van der Waals surface area contributed by atoms with Gasteiger partial charge in [0.05, 0.1) is 0 Å². The van der Waals surface area contributed by atoms with Crippen LogP contribution in [0.4, 0.5) is 0 Å². The summed E-state index contributed by atoms with van der Waals surface area (Å²) in [6.45, 7) is 0.688. The molecular weight excluding hydrogens is 181 g/mol. The van der Waals surface area contributed by atoms with E-state index < -0.39 is 6.04 Å². The van der Waals surface area contributed by atoms with Crippen LogP contribution in [0.1, 0.15) is 6.42 Å². The van der Waals surface area contributed by atoms with Crippen LogP contribution in [0.25, 0.3) is 5.73 Å². The number of carbonyl (C=O) groups excluding carboxylic acids is 1. The van der Waals surface area contributed by atoms with E-state index in [2.05, 4.69) is 5.32 Å². The molecular formula is C4H7N2OY-. The number of amides is 1. The maximum absolute atomic E-state index is 10.3. The van der Waals surface area contributed by atoms with Gasteiger partial charge >= 0.3 is 0 Å². The third-order valence-corrected chi connectivity index (χ3v) is 1.05. The zero-order chi connectivity index (χ0) is 5.28. The molecule has 43 valence electrons. The van der Waals surface area contributed by atoms with Gasteiger partial charge < -0.3 is 11.1 Å². The largest absolute Gasteiger partial charge is 0.667 e. The fourth-order valence-corrected chi connectivity index (χ4v) is 0.594. The minimum absolute atomic E-state index is 0. The van der Waals surface area contributed by atoms with E-state index in [1.165, 1.54) is 0 Å². The van der Waals surface area contributed by atoms with Crippen molar-refractivity contribution in [1.29, 1.82) is 0 Å². The Hall–Kier alpha value is 0.534. The fraction of sp³-hybridized carbons (Fsp3) is 0.750. The van der Waals surface area contributed by atoms with Crippen LogP contribution in [-0.2, 0) is 37.5 Å². The van der Waals surface area contributed by atoms with E-state index in [9.17, 15) is 4.79 Å². The maximum atomic E-state index is 10.3. The van der Waals surface area contributed by atoms with Gasteiger partial charge in [-0.15, -0.1) is 0 Å². The summed E-state index contributed by atoms with van der Waals surface area (Å²) in [7, 11) is 0. The van der Waals surface area contributed by atoms with Crippen molar-refractivity contribution in [3.8, 4) is 0 Å². The van der Waals surface area contributed by atoms with Crippen molar-refractivity contribution in [3.63, 3.8) is 0 Å². The SMILES string of the molecule is [NH-]C1CCNC1=O.[Y]. The van der Waals surface area contributed by atoms with Gasteiger partial charge in [0.15, 0.2) is 0 Å². The summed E-state index contributed by atoms with van der Waals surface area (Å²) in [5.74, 6) is -0.125. The van der Waals surface area contributed by atoms with Crippen LogP contribution in [0.3, 0.4) is 0 Å². The summed E-state index contributed by atoms with van der Waals surface area (Å²) in [4.78, 5) is 10.3. The van der Waals surface area contributed by atoms with E-state index in [0.717, 1.165) is 0 Å². The van der Waals surface area contributed by atoms with Crippen molar-refractivity contribution in [2.75, 3.05) is 6.54 Å². The Bertz CT molecular complexity index is 96.0. The standard InChI is InChI=1S/C4H7N2O.Y/c5-3-1-2-6-4(3)7;/h3,5H,1-2H2,(H,6,7);/q-1;. The molecule has 1 heterocycles. The zero-order valence-corrected chi connectivity index (χ0v) is 7.32. The maximum Gasteiger partial charge on any atom is 0.202 e. The summed E-state index contributed by atoms with van der Waals surface area (Å²) < 4.78 is 0. The molecule has 0 aromatic carbocycles. The predicted molar refractivity (Wildman–Crippen MR) is 25.7 cm³/mol. The minimum atomic E-state index is -0.486. The van der Waals surface area contributed by atoms with Gasteiger partial charge in [-0.1, -0.05) is 6.04 Å². The molecule has 1 atom stereocenters. The second kappa shape index (κ2) is 3.54. The molecule has 8 heavy (non-hydrogen) atoms. The average molecular weight is 188 g/mol. The van der Waals surface area contributed by atoms with Gasteiger partial charge in [-0.25, -0.2) is 0 Å². The van der Waals surface area contributed by atoms with Crippen LogP contribution in [0.15, 0.2) is 0 Å². The van der Waals surface area contributed by atoms with Crippen molar-refractivity contribution in [2.45, 2.75) is 12.5 Å². The molecule has 0 aliphatic carbocycles. The second-order valence-corrected chi connectivity index (χ2v) is 1.63. The summed E-state index contributed by atoms with van der Waals surface area (Å²) in [6, 6.07) is -0.486. The van der Waals surface area contributed by atoms with Crippen LogP contribution in [-0.4, -0.2) is 18.5 Å². The number of nitrogens with one attached hydrogen (secondary N) is 2. The van der Waals surface area contributed by atoms with E-state index in [1.54, 1.807) is 0 Å². The van der Waals surface area contributed by atoms with E-state index in [1.807, 2.05) is 0 Å². The number of rotatable bonds is 0. The Balaban J connectivity index is 0.000000490. The van der Waals surface area contributed by atoms with Gasteiger partial charge in [0, 0.05) is 39.3 Å². The first-order valence-corrected chi connectivity index (χ1v) is 2.29. The van der Waals surface area contributed by atoms with Crippen molar-refractivity contribution >= 4 is 5.91 Å². The quantitative estimate of drug-likeness (QED) is 0.568. The van der Waals surface area contributed by atoms with Gasteiger partial charge in [-0.05, 0) is 6.42 Å². The summed E-state index contributed by atoms with van der Waals surface area (Å²) in [5.41, 5.74) is 6.93. The van der Waals surface area contributed by atoms with Crippen LogP contribution >= 0.6 is 0 Å². The Morgan fingerprint density at radius 2 is 2.38 bits per heavy atom. The van der Waals surface area contributed by atoms with Crippen LogP contribution in [0.2, 0.25) is 0 Å². The molecule has 1 fully saturated rings. The van der Waals surface area contributed by atoms with Crippen molar-refractivity contribution in [3.05, 3.63) is 5.73 Å². The van der Waals surface area contributed by atoms with Gasteiger partial charge in [-0.3, -0.25) is 4.79 Å². The predicted octanol–water partition coefficient (Wildman–Crippen LogP) is -0.0754. The first-order valence-electron chi connectivity index (χ1n) is 2.29. The number of hydrogen-bond acceptors (Lipinski definition) is 1. The van der Waals surface area contributed by atoms with Crippen LogP contribution in [0, 0.1) is 0 Å². The third-order valence-electron chi connectivity index (χ3n) is 1.05. The number of carbonyl (C=O) groups is 1. The Labute approximate surface area is 73.3 Å². The molecule has 1 saturated heterocycles. The van der Waals surface area contributed by atoms with Crippen molar-refractivity contribution < 1.29 is 37.5 Å². The van der Waals surface area contributed by atoms with Crippen molar-refractivity contribution in [2.24, 2.45) is 0 Å².